The fourth-order valence-corrected chi connectivity index (χ4v) is 2.59. The number of rotatable bonds is 5. The maximum Gasteiger partial charge on any atom is 0.0136 e. The zero-order chi connectivity index (χ0) is 11.3. The summed E-state index contributed by atoms with van der Waals surface area (Å²) < 4.78 is 0. The van der Waals surface area contributed by atoms with Crippen molar-refractivity contribution in [2.75, 3.05) is 5.75 Å². The number of nitrogens with two attached hydrogens (primary N) is 1. The fourth-order valence-electron chi connectivity index (χ4n) is 1.59. The molecule has 0 spiro atoms. The van der Waals surface area contributed by atoms with Gasteiger partial charge in [-0.3, -0.25) is 0 Å². The summed E-state index contributed by atoms with van der Waals surface area (Å²) in [6.07, 6.45) is 1.11. The fraction of sp³-hybridized carbons (Fsp3) is 0.538. The van der Waals surface area contributed by atoms with E-state index in [4.69, 9.17) is 5.73 Å². The van der Waals surface area contributed by atoms with Gasteiger partial charge in [0.25, 0.3) is 0 Å². The van der Waals surface area contributed by atoms with Crippen molar-refractivity contribution in [1.29, 1.82) is 0 Å². The minimum absolute atomic E-state index is 0.314. The Hall–Kier alpha value is -0.470. The van der Waals surface area contributed by atoms with Crippen LogP contribution in [-0.2, 0) is 0 Å². The summed E-state index contributed by atoms with van der Waals surface area (Å²) >= 11 is 1.87. The van der Waals surface area contributed by atoms with Gasteiger partial charge >= 0.3 is 0 Å². The van der Waals surface area contributed by atoms with E-state index in [1.54, 1.807) is 0 Å². The van der Waals surface area contributed by atoms with E-state index < -0.39 is 0 Å². The second-order valence-electron chi connectivity index (χ2n) is 4.47. The van der Waals surface area contributed by atoms with Crippen LogP contribution in [0, 0.1) is 12.8 Å². The molecule has 1 nitrogen and oxygen atoms in total. The van der Waals surface area contributed by atoms with Crippen molar-refractivity contribution in [3.05, 3.63) is 29.8 Å². The van der Waals surface area contributed by atoms with E-state index in [0.717, 1.165) is 12.2 Å². The maximum atomic E-state index is 6.05. The van der Waals surface area contributed by atoms with Crippen LogP contribution in [0.4, 0.5) is 0 Å². The number of benzene rings is 1. The predicted molar refractivity (Wildman–Crippen MR) is 69.3 cm³/mol. The zero-order valence-corrected chi connectivity index (χ0v) is 10.7. The van der Waals surface area contributed by atoms with Crippen molar-refractivity contribution in [1.82, 2.24) is 0 Å². The summed E-state index contributed by atoms with van der Waals surface area (Å²) in [6, 6.07) is 8.80. The van der Waals surface area contributed by atoms with Gasteiger partial charge in [0.15, 0.2) is 0 Å². The van der Waals surface area contributed by atoms with Crippen LogP contribution in [0.1, 0.15) is 25.8 Å². The number of hydrogen-bond acceptors (Lipinski definition) is 2. The van der Waals surface area contributed by atoms with Crippen molar-refractivity contribution in [3.8, 4) is 0 Å². The number of hydrogen-bond donors (Lipinski definition) is 1. The summed E-state index contributed by atoms with van der Waals surface area (Å²) in [5, 5.41) is 0. The van der Waals surface area contributed by atoms with E-state index in [9.17, 15) is 0 Å². The van der Waals surface area contributed by atoms with Gasteiger partial charge in [-0.25, -0.2) is 0 Å². The Morgan fingerprint density at radius 2 is 1.93 bits per heavy atom. The molecule has 0 heterocycles. The van der Waals surface area contributed by atoms with Crippen molar-refractivity contribution in [2.24, 2.45) is 11.7 Å². The highest BCUT2D eigenvalue weighted by Gasteiger charge is 2.06. The van der Waals surface area contributed by atoms with E-state index in [0.29, 0.717) is 12.0 Å². The SMILES string of the molecule is Cc1ccccc1SCC(N)CC(C)C. The highest BCUT2D eigenvalue weighted by Crippen LogP contribution is 2.23. The average Bonchev–Trinajstić information content (AvgIpc) is 2.15. The molecule has 0 saturated heterocycles. The molecule has 15 heavy (non-hydrogen) atoms. The van der Waals surface area contributed by atoms with Crippen molar-refractivity contribution in [3.63, 3.8) is 0 Å². The van der Waals surface area contributed by atoms with Crippen LogP contribution in [0.5, 0.6) is 0 Å². The van der Waals surface area contributed by atoms with E-state index >= 15 is 0 Å². The normalized spacial score (nSPS) is 13.1. The molecule has 0 aliphatic rings. The average molecular weight is 223 g/mol. The molecule has 0 amide bonds. The second-order valence-corrected chi connectivity index (χ2v) is 5.53. The van der Waals surface area contributed by atoms with Gasteiger partial charge in [-0.1, -0.05) is 32.0 Å². The molecule has 1 unspecified atom stereocenters. The molecule has 0 aliphatic carbocycles. The minimum atomic E-state index is 0.314. The third-order valence-corrected chi connectivity index (χ3v) is 3.68. The Bertz CT molecular complexity index is 296. The van der Waals surface area contributed by atoms with E-state index in [1.807, 2.05) is 11.8 Å². The Balaban J connectivity index is 2.40. The van der Waals surface area contributed by atoms with Gasteiger partial charge in [0.1, 0.15) is 0 Å². The lowest BCUT2D eigenvalue weighted by Crippen LogP contribution is -2.24. The molecule has 0 aromatic heterocycles. The summed E-state index contributed by atoms with van der Waals surface area (Å²) in [5.41, 5.74) is 7.40. The van der Waals surface area contributed by atoms with Gasteiger partial charge in [-0.15, -0.1) is 11.8 Å². The van der Waals surface area contributed by atoms with Crippen molar-refractivity contribution in [2.45, 2.75) is 38.1 Å². The molecule has 84 valence electrons. The standard InChI is InChI=1S/C13H21NS/c1-10(2)8-12(14)9-15-13-7-5-4-6-11(13)3/h4-7,10,12H,8-9,14H2,1-3H3. The molecule has 0 aliphatic heterocycles. The largest absolute Gasteiger partial charge is 0.327 e. The Kier molecular flexibility index (Phi) is 5.20. The first kappa shape index (κ1) is 12.6. The third-order valence-electron chi connectivity index (χ3n) is 2.32. The van der Waals surface area contributed by atoms with Gasteiger partial charge in [0.05, 0.1) is 0 Å². The van der Waals surface area contributed by atoms with Gasteiger partial charge in [-0.2, -0.15) is 0 Å². The van der Waals surface area contributed by atoms with Crippen molar-refractivity contribution >= 4 is 11.8 Å². The smallest absolute Gasteiger partial charge is 0.0136 e. The molecule has 1 aromatic rings. The van der Waals surface area contributed by atoms with E-state index in [1.165, 1.54) is 10.5 Å². The zero-order valence-electron chi connectivity index (χ0n) is 9.86. The lowest BCUT2D eigenvalue weighted by Gasteiger charge is -2.14. The van der Waals surface area contributed by atoms with Crippen LogP contribution >= 0.6 is 11.8 Å². The first-order valence-corrected chi connectivity index (χ1v) is 6.52. The molecule has 1 atom stereocenters. The third kappa shape index (κ3) is 4.72. The first-order valence-electron chi connectivity index (χ1n) is 5.53. The molecular formula is C13H21NS. The van der Waals surface area contributed by atoms with Gasteiger partial charge in [-0.05, 0) is 30.9 Å². The Labute approximate surface area is 97.4 Å². The molecule has 1 rings (SSSR count). The van der Waals surface area contributed by atoms with Crippen LogP contribution in [0.3, 0.4) is 0 Å². The predicted octanol–water partition coefficient (Wildman–Crippen LogP) is 3.46. The highest BCUT2D eigenvalue weighted by atomic mass is 32.2. The van der Waals surface area contributed by atoms with Crippen molar-refractivity contribution < 1.29 is 0 Å². The second kappa shape index (κ2) is 6.19. The summed E-state index contributed by atoms with van der Waals surface area (Å²) in [6.45, 7) is 6.59. The first-order chi connectivity index (χ1) is 7.09. The number of thioether (sulfide) groups is 1. The number of aryl methyl sites for hydroxylation is 1. The molecule has 2 N–H and O–H groups in total. The molecule has 0 radical (unpaired) electrons. The molecule has 0 saturated carbocycles. The maximum absolute atomic E-state index is 6.05. The summed E-state index contributed by atoms with van der Waals surface area (Å²) in [7, 11) is 0. The van der Waals surface area contributed by atoms with Crippen LogP contribution < -0.4 is 5.73 Å². The Morgan fingerprint density at radius 1 is 1.27 bits per heavy atom. The monoisotopic (exact) mass is 223 g/mol. The molecular weight excluding hydrogens is 202 g/mol. The topological polar surface area (TPSA) is 26.0 Å². The summed E-state index contributed by atoms with van der Waals surface area (Å²) in [5.74, 6) is 1.71. The molecule has 0 bridgehead atoms. The lowest BCUT2D eigenvalue weighted by atomic mass is 10.1. The van der Waals surface area contributed by atoms with Crippen LogP contribution in [0.15, 0.2) is 29.2 Å². The van der Waals surface area contributed by atoms with Gasteiger partial charge in [0.2, 0.25) is 0 Å². The van der Waals surface area contributed by atoms with Crippen LogP contribution in [0.25, 0.3) is 0 Å². The Morgan fingerprint density at radius 3 is 2.53 bits per heavy atom. The van der Waals surface area contributed by atoms with Gasteiger partial charge in [0, 0.05) is 16.7 Å². The lowest BCUT2D eigenvalue weighted by molar-refractivity contribution is 0.524. The van der Waals surface area contributed by atoms with Gasteiger partial charge < -0.3 is 5.73 Å². The molecule has 2 heteroatoms. The molecule has 1 aromatic carbocycles. The van der Waals surface area contributed by atoms with E-state index in [2.05, 4.69) is 45.0 Å². The minimum Gasteiger partial charge on any atom is -0.327 e. The van der Waals surface area contributed by atoms with Crippen LogP contribution in [-0.4, -0.2) is 11.8 Å². The molecule has 0 fully saturated rings. The highest BCUT2D eigenvalue weighted by molar-refractivity contribution is 7.99. The summed E-state index contributed by atoms with van der Waals surface area (Å²) in [4.78, 5) is 1.36. The quantitative estimate of drug-likeness (QED) is 0.774. The van der Waals surface area contributed by atoms with Crippen LogP contribution in [0.2, 0.25) is 0 Å². The van der Waals surface area contributed by atoms with E-state index in [-0.39, 0.29) is 0 Å².